The Morgan fingerprint density at radius 2 is 0.927 bits per heavy atom. The summed E-state index contributed by atoms with van der Waals surface area (Å²) in [5, 5.41) is 4.95. The minimum atomic E-state index is -1.84. The normalized spacial score (nSPS) is 10.5. The number of benzene rings is 1. The van der Waals surface area contributed by atoms with E-state index in [1.165, 1.54) is 18.2 Å². The van der Waals surface area contributed by atoms with Crippen LogP contribution >= 0.6 is 0 Å². The minimum absolute atomic E-state index is 0.182. The van der Waals surface area contributed by atoms with E-state index >= 15 is 0 Å². The maximum atomic E-state index is 12.9. The predicted octanol–water partition coefficient (Wildman–Crippen LogP) is 3.23. The Morgan fingerprint density at radius 1 is 0.545 bits per heavy atom. The summed E-state index contributed by atoms with van der Waals surface area (Å²) in [5.41, 5.74) is -2.60. The Hall–Kier alpha value is -6.82. The lowest BCUT2D eigenvalue weighted by atomic mass is 9.92. The second kappa shape index (κ2) is 23.7. The molecule has 0 saturated carbocycles. The van der Waals surface area contributed by atoms with Crippen LogP contribution in [0.3, 0.4) is 0 Å². The Kier molecular flexibility index (Phi) is 19.9. The fourth-order valence-electron chi connectivity index (χ4n) is 3.75. The molecule has 18 nitrogen and oxygen atoms in total. The van der Waals surface area contributed by atoms with Crippen molar-refractivity contribution in [3.05, 3.63) is 99.7 Å². The van der Waals surface area contributed by atoms with Crippen LogP contribution in [0, 0.1) is 12.3 Å². The largest absolute Gasteiger partial charge is 0.462 e. The van der Waals surface area contributed by atoms with Crippen LogP contribution in [0.5, 0.6) is 0 Å². The fraction of sp³-hybridized carbons (Fsp3) is 0.297. The number of ether oxygens (including phenoxy) is 8. The van der Waals surface area contributed by atoms with Crippen molar-refractivity contribution in [3.8, 4) is 0 Å². The molecule has 0 unspecified atom stereocenters. The van der Waals surface area contributed by atoms with Crippen LogP contribution in [0.15, 0.2) is 94.1 Å². The molecule has 0 heterocycles. The minimum Gasteiger partial charge on any atom is -0.462 e. The van der Waals surface area contributed by atoms with Gasteiger partial charge in [0.05, 0.1) is 0 Å². The molecule has 0 radical (unpaired) electrons. The van der Waals surface area contributed by atoms with Crippen molar-refractivity contribution in [1.29, 1.82) is 0 Å². The fourth-order valence-corrected chi connectivity index (χ4v) is 3.75. The lowest BCUT2D eigenvalue weighted by molar-refractivity contribution is -0.175. The number of esters is 5. The predicted molar refractivity (Wildman–Crippen MR) is 193 cm³/mol. The van der Waals surface area contributed by atoms with E-state index in [1.807, 2.05) is 0 Å². The van der Waals surface area contributed by atoms with E-state index in [0.29, 0.717) is 5.56 Å². The van der Waals surface area contributed by atoms with Gasteiger partial charge in [0.1, 0.15) is 58.3 Å². The van der Waals surface area contributed by atoms with Crippen molar-refractivity contribution >= 4 is 59.2 Å². The molecular weight excluding hydrogens is 728 g/mol. The molecule has 1 aromatic carbocycles. The Balaban J connectivity index is 3.12. The number of hydrogen-bond acceptors (Lipinski definition) is 16. The number of anilines is 2. The first-order chi connectivity index (χ1) is 26.1. The van der Waals surface area contributed by atoms with E-state index in [0.717, 1.165) is 36.5 Å². The standard InChI is InChI=1S/C37H42N2O16/c1-8-27(40)17-55-37(22-51-32(44)12-5,23-52-33(45)13-6)24-54-34(46)38-26-14-15-28(25(7)16-26)39-35(47)53-21-36(18-48-29(41)9-2,19-49-30(42)10-3)20-50-31(43)11-4/h8-16H,1-6,17-24H2,7H3,(H,38,46)(H,39,47). The van der Waals surface area contributed by atoms with E-state index in [4.69, 9.17) is 37.9 Å². The first-order valence-corrected chi connectivity index (χ1v) is 15.8. The Labute approximate surface area is 316 Å². The van der Waals surface area contributed by atoms with Gasteiger partial charge in [-0.05, 0) is 36.8 Å². The van der Waals surface area contributed by atoms with Gasteiger partial charge in [-0.15, -0.1) is 0 Å². The van der Waals surface area contributed by atoms with Crippen LogP contribution in [0.2, 0.25) is 0 Å². The van der Waals surface area contributed by atoms with E-state index in [2.05, 4.69) is 50.1 Å². The molecule has 0 spiro atoms. The maximum absolute atomic E-state index is 12.9. The molecule has 0 saturated heterocycles. The molecule has 0 atom stereocenters. The van der Waals surface area contributed by atoms with Crippen molar-refractivity contribution < 1.29 is 76.3 Å². The Morgan fingerprint density at radius 3 is 1.35 bits per heavy atom. The summed E-state index contributed by atoms with van der Waals surface area (Å²) in [7, 11) is 0. The molecule has 0 fully saturated rings. The molecule has 0 aliphatic carbocycles. The average Bonchev–Trinajstić information content (AvgIpc) is 3.19. The van der Waals surface area contributed by atoms with E-state index in [-0.39, 0.29) is 11.4 Å². The molecule has 0 aliphatic heterocycles. The number of ketones is 1. The van der Waals surface area contributed by atoms with Crippen molar-refractivity contribution in [2.45, 2.75) is 12.5 Å². The van der Waals surface area contributed by atoms with Gasteiger partial charge in [0, 0.05) is 41.8 Å². The lowest BCUT2D eigenvalue weighted by Crippen LogP contribution is -2.49. The molecule has 55 heavy (non-hydrogen) atoms. The van der Waals surface area contributed by atoms with Crippen LogP contribution in [0.1, 0.15) is 5.56 Å². The smallest absolute Gasteiger partial charge is 0.411 e. The molecule has 1 aromatic rings. The quantitative estimate of drug-likeness (QED) is 0.0825. The highest BCUT2D eigenvalue weighted by atomic mass is 16.6. The van der Waals surface area contributed by atoms with Gasteiger partial charge in [-0.3, -0.25) is 15.4 Å². The number of carbonyl (C=O) groups excluding carboxylic acids is 8. The Bertz CT molecular complexity index is 1540. The molecule has 1 rings (SSSR count). The molecule has 2 N–H and O–H groups in total. The molecule has 0 bridgehead atoms. The first kappa shape index (κ1) is 46.2. The highest BCUT2D eigenvalue weighted by Gasteiger charge is 2.39. The maximum Gasteiger partial charge on any atom is 0.411 e. The lowest BCUT2D eigenvalue weighted by Gasteiger charge is -2.31. The molecule has 0 aliphatic rings. The van der Waals surface area contributed by atoms with Crippen LogP contribution < -0.4 is 10.6 Å². The zero-order valence-corrected chi connectivity index (χ0v) is 30.1. The van der Waals surface area contributed by atoms with Gasteiger partial charge in [-0.25, -0.2) is 33.6 Å². The number of nitrogens with one attached hydrogen (secondary N) is 2. The van der Waals surface area contributed by atoms with Crippen molar-refractivity contribution in [1.82, 2.24) is 0 Å². The zero-order chi connectivity index (χ0) is 41.4. The molecule has 296 valence electrons. The molecular formula is C37H42N2O16. The van der Waals surface area contributed by atoms with Gasteiger partial charge in [0.15, 0.2) is 11.4 Å². The third-order valence-electron chi connectivity index (χ3n) is 6.78. The summed E-state index contributed by atoms with van der Waals surface area (Å²) < 4.78 is 41.6. The monoisotopic (exact) mass is 770 g/mol. The van der Waals surface area contributed by atoms with Crippen molar-refractivity contribution in [2.75, 3.05) is 63.5 Å². The number of rotatable bonds is 25. The van der Waals surface area contributed by atoms with Crippen molar-refractivity contribution in [2.24, 2.45) is 5.41 Å². The van der Waals surface area contributed by atoms with Gasteiger partial charge in [-0.2, -0.15) is 0 Å². The van der Waals surface area contributed by atoms with Gasteiger partial charge in [-0.1, -0.05) is 39.5 Å². The third-order valence-corrected chi connectivity index (χ3v) is 6.78. The average molecular weight is 771 g/mol. The summed E-state index contributed by atoms with van der Waals surface area (Å²) in [6.07, 6.45) is 3.22. The SMILES string of the molecule is C=CC(=O)COC(COC(=O)C=C)(COC(=O)C=C)COC(=O)Nc1ccc(NC(=O)OCC(COC(=O)C=C)(COC(=O)C=C)COC(=O)C=C)c(C)c1. The van der Waals surface area contributed by atoms with Crippen molar-refractivity contribution in [3.63, 3.8) is 0 Å². The summed E-state index contributed by atoms with van der Waals surface area (Å²) in [5.74, 6) is -4.92. The van der Waals surface area contributed by atoms with Crippen LogP contribution in [-0.4, -0.2) is 106 Å². The van der Waals surface area contributed by atoms with E-state index in [9.17, 15) is 38.4 Å². The summed E-state index contributed by atoms with van der Waals surface area (Å²) in [6.45, 7) is 16.7. The summed E-state index contributed by atoms with van der Waals surface area (Å²) in [4.78, 5) is 96.6. The summed E-state index contributed by atoms with van der Waals surface area (Å²) >= 11 is 0. The van der Waals surface area contributed by atoms with Crippen LogP contribution in [0.25, 0.3) is 0 Å². The van der Waals surface area contributed by atoms with Gasteiger partial charge >= 0.3 is 42.0 Å². The van der Waals surface area contributed by atoms with Crippen LogP contribution in [0.4, 0.5) is 21.0 Å². The third kappa shape index (κ3) is 17.5. The van der Waals surface area contributed by atoms with Gasteiger partial charge in [0.2, 0.25) is 0 Å². The molecule has 18 heteroatoms. The topological polar surface area (TPSA) is 234 Å². The second-order valence-electron chi connectivity index (χ2n) is 11.1. The van der Waals surface area contributed by atoms with E-state index in [1.54, 1.807) is 6.92 Å². The summed E-state index contributed by atoms with van der Waals surface area (Å²) in [6, 6.07) is 4.24. The first-order valence-electron chi connectivity index (χ1n) is 15.8. The number of amides is 2. The van der Waals surface area contributed by atoms with Gasteiger partial charge in [0.25, 0.3) is 0 Å². The molecule has 0 aromatic heterocycles. The highest BCUT2D eigenvalue weighted by Crippen LogP contribution is 2.24. The zero-order valence-electron chi connectivity index (χ0n) is 30.1. The molecule has 2 amide bonds. The second-order valence-corrected chi connectivity index (χ2v) is 11.1. The van der Waals surface area contributed by atoms with Crippen LogP contribution in [-0.2, 0) is 66.7 Å². The number of hydrogen-bond donors (Lipinski definition) is 2. The highest BCUT2D eigenvalue weighted by molar-refractivity contribution is 5.90. The number of aryl methyl sites for hydroxylation is 1. The van der Waals surface area contributed by atoms with Gasteiger partial charge < -0.3 is 37.9 Å². The number of carbonyl (C=O) groups is 8. The van der Waals surface area contributed by atoms with E-state index < -0.39 is 112 Å².